The molecule has 3 amide bonds. The van der Waals surface area contributed by atoms with Crippen molar-refractivity contribution >= 4 is 29.8 Å². The first-order chi connectivity index (χ1) is 12.9. The van der Waals surface area contributed by atoms with Crippen molar-refractivity contribution in [3.63, 3.8) is 0 Å². The van der Waals surface area contributed by atoms with E-state index >= 15 is 0 Å². The van der Waals surface area contributed by atoms with Gasteiger partial charge < -0.3 is 30.1 Å². The van der Waals surface area contributed by atoms with Gasteiger partial charge >= 0.3 is 18.0 Å². The van der Waals surface area contributed by atoms with E-state index in [0.717, 1.165) is 4.90 Å². The van der Waals surface area contributed by atoms with E-state index in [1.54, 1.807) is 20.8 Å². The molecule has 2 saturated heterocycles. The Morgan fingerprint density at radius 2 is 1.64 bits per heavy atom. The van der Waals surface area contributed by atoms with Crippen LogP contribution < -0.4 is 5.32 Å². The van der Waals surface area contributed by atoms with Crippen LogP contribution in [0.4, 0.5) is 4.79 Å². The predicted molar refractivity (Wildman–Crippen MR) is 93.2 cm³/mol. The van der Waals surface area contributed by atoms with Gasteiger partial charge in [0, 0.05) is 13.1 Å². The molecule has 0 aliphatic carbocycles. The molecule has 0 unspecified atom stereocenters. The van der Waals surface area contributed by atoms with E-state index in [4.69, 9.17) is 14.9 Å². The maximum Gasteiger partial charge on any atom is 0.408 e. The zero-order valence-corrected chi connectivity index (χ0v) is 16.0. The lowest BCUT2D eigenvalue weighted by Gasteiger charge is -2.32. The maximum atomic E-state index is 12.6. The van der Waals surface area contributed by atoms with Crippen LogP contribution in [0.3, 0.4) is 0 Å². The lowest BCUT2D eigenvalue weighted by atomic mass is 9.97. The van der Waals surface area contributed by atoms with Gasteiger partial charge in [0.05, 0.1) is 5.92 Å². The molecule has 0 bridgehead atoms. The summed E-state index contributed by atoms with van der Waals surface area (Å²) in [6, 6.07) is -2.74. The van der Waals surface area contributed by atoms with Crippen LogP contribution in [0.5, 0.6) is 0 Å². The summed E-state index contributed by atoms with van der Waals surface area (Å²) in [4.78, 5) is 61.0. The largest absolute Gasteiger partial charge is 0.480 e. The average molecular weight is 399 g/mol. The second-order valence-corrected chi connectivity index (χ2v) is 7.85. The van der Waals surface area contributed by atoms with Crippen LogP contribution in [0.15, 0.2) is 0 Å². The van der Waals surface area contributed by atoms with Crippen molar-refractivity contribution in [2.75, 3.05) is 19.6 Å². The van der Waals surface area contributed by atoms with Crippen LogP contribution in [0.2, 0.25) is 0 Å². The minimum absolute atomic E-state index is 0.0445. The van der Waals surface area contributed by atoms with Crippen LogP contribution in [-0.4, -0.2) is 87.2 Å². The molecular formula is C17H25N3O8. The topological polar surface area (TPSA) is 153 Å². The molecule has 0 aromatic rings. The summed E-state index contributed by atoms with van der Waals surface area (Å²) >= 11 is 0. The number of hydrogen-bond acceptors (Lipinski definition) is 6. The summed E-state index contributed by atoms with van der Waals surface area (Å²) in [6.45, 7) is 5.22. The van der Waals surface area contributed by atoms with E-state index in [1.165, 1.54) is 4.90 Å². The number of rotatable bonds is 5. The van der Waals surface area contributed by atoms with E-state index in [2.05, 4.69) is 5.32 Å². The smallest absolute Gasteiger partial charge is 0.408 e. The van der Waals surface area contributed by atoms with Crippen molar-refractivity contribution in [1.82, 2.24) is 15.1 Å². The van der Waals surface area contributed by atoms with Gasteiger partial charge in [-0.15, -0.1) is 0 Å². The van der Waals surface area contributed by atoms with E-state index in [1.807, 2.05) is 0 Å². The van der Waals surface area contributed by atoms with Gasteiger partial charge in [0.1, 0.15) is 12.1 Å². The zero-order valence-electron chi connectivity index (χ0n) is 16.0. The molecule has 2 heterocycles. The second kappa shape index (κ2) is 8.03. The number of carbonyl (C=O) groups is 5. The fourth-order valence-electron chi connectivity index (χ4n) is 3.20. The molecule has 2 aliphatic rings. The highest BCUT2D eigenvalue weighted by Gasteiger charge is 2.61. The van der Waals surface area contributed by atoms with Gasteiger partial charge in [-0.2, -0.15) is 0 Å². The number of carboxylic acids is 2. The maximum absolute atomic E-state index is 12.6. The Kier molecular flexibility index (Phi) is 6.15. The summed E-state index contributed by atoms with van der Waals surface area (Å²) in [5.41, 5.74) is -0.699. The fraction of sp³-hybridized carbons (Fsp3) is 0.706. The Hall–Kier alpha value is -2.85. The number of amides is 3. The number of aliphatic carboxylic acids is 2. The Morgan fingerprint density at radius 1 is 1.07 bits per heavy atom. The third-order valence-corrected chi connectivity index (χ3v) is 4.48. The van der Waals surface area contributed by atoms with Crippen molar-refractivity contribution in [1.29, 1.82) is 0 Å². The highest BCUT2D eigenvalue weighted by Crippen LogP contribution is 2.33. The van der Waals surface area contributed by atoms with Crippen molar-refractivity contribution in [3.8, 4) is 0 Å². The van der Waals surface area contributed by atoms with Crippen LogP contribution in [0.1, 0.15) is 33.6 Å². The van der Waals surface area contributed by atoms with E-state index < -0.39 is 53.4 Å². The lowest BCUT2D eigenvalue weighted by molar-refractivity contribution is -0.143. The van der Waals surface area contributed by atoms with E-state index in [0.29, 0.717) is 19.4 Å². The van der Waals surface area contributed by atoms with Gasteiger partial charge in [0.15, 0.2) is 12.1 Å². The number of carbonyl (C=O) groups excluding carboxylic acids is 3. The number of ether oxygens (including phenoxy) is 1. The van der Waals surface area contributed by atoms with Crippen LogP contribution in [-0.2, 0) is 23.9 Å². The number of nitrogens with zero attached hydrogens (tertiary/aromatic N) is 2. The minimum Gasteiger partial charge on any atom is -0.480 e. The van der Waals surface area contributed by atoms with Gasteiger partial charge in [0.2, 0.25) is 11.8 Å². The molecule has 11 heteroatoms. The van der Waals surface area contributed by atoms with Crippen molar-refractivity contribution < 1.29 is 38.9 Å². The Bertz CT molecular complexity index is 666. The van der Waals surface area contributed by atoms with Crippen molar-refractivity contribution in [2.24, 2.45) is 5.92 Å². The molecule has 2 rings (SSSR count). The van der Waals surface area contributed by atoms with Gasteiger partial charge in [-0.3, -0.25) is 9.59 Å². The Balaban J connectivity index is 1.90. The summed E-state index contributed by atoms with van der Waals surface area (Å²) in [7, 11) is 0. The fourth-order valence-corrected chi connectivity index (χ4v) is 3.20. The molecule has 11 nitrogen and oxygen atoms in total. The molecule has 0 radical (unpaired) electrons. The van der Waals surface area contributed by atoms with Crippen molar-refractivity contribution in [2.45, 2.75) is 51.3 Å². The number of carboxylic acid groups (broad SMARTS) is 2. The first kappa shape index (κ1) is 21.5. The summed E-state index contributed by atoms with van der Waals surface area (Å²) < 4.78 is 5.05. The quantitative estimate of drug-likeness (QED) is 0.523. The highest BCUT2D eigenvalue weighted by atomic mass is 16.6. The Morgan fingerprint density at radius 3 is 2.14 bits per heavy atom. The minimum atomic E-state index is -1.37. The molecule has 0 saturated carbocycles. The van der Waals surface area contributed by atoms with Crippen molar-refractivity contribution in [3.05, 3.63) is 0 Å². The average Bonchev–Trinajstić information content (AvgIpc) is 3.34. The SMILES string of the molecule is CC(C)(C)OC(=O)NCC(=O)N1CCC[C@@H](C(=O)N2[C@H](C(=O)O)[C@H]2C(=O)O)C1. The predicted octanol–water partition coefficient (Wildman–Crippen LogP) is -0.502. The Labute approximate surface area is 161 Å². The molecule has 156 valence electrons. The molecular weight excluding hydrogens is 374 g/mol. The molecule has 2 fully saturated rings. The third-order valence-electron chi connectivity index (χ3n) is 4.48. The molecule has 2 aliphatic heterocycles. The van der Waals surface area contributed by atoms with Crippen LogP contribution in [0.25, 0.3) is 0 Å². The second-order valence-electron chi connectivity index (χ2n) is 7.85. The summed E-state index contributed by atoms with van der Waals surface area (Å²) in [5, 5.41) is 20.5. The monoisotopic (exact) mass is 399 g/mol. The van der Waals surface area contributed by atoms with Crippen LogP contribution in [0, 0.1) is 5.92 Å². The van der Waals surface area contributed by atoms with E-state index in [9.17, 15) is 24.0 Å². The number of alkyl carbamates (subject to hydrolysis) is 1. The molecule has 0 aromatic carbocycles. The van der Waals surface area contributed by atoms with Gasteiger partial charge in [-0.05, 0) is 33.6 Å². The number of nitrogens with one attached hydrogen (secondary N) is 1. The molecule has 0 spiro atoms. The summed E-state index contributed by atoms with van der Waals surface area (Å²) in [5.74, 6) is -4.40. The van der Waals surface area contributed by atoms with Gasteiger partial charge in [-0.1, -0.05) is 0 Å². The highest BCUT2D eigenvalue weighted by molar-refractivity contribution is 6.00. The first-order valence-corrected chi connectivity index (χ1v) is 8.95. The first-order valence-electron chi connectivity index (χ1n) is 8.95. The standard InChI is InChI=1S/C17H25N3O8/c1-17(2,3)28-16(27)18-7-10(21)19-6-4-5-9(8-19)13(22)20-11(14(23)24)12(20)15(25)26/h9,11-12H,4-8H2,1-3H3,(H,18,27)(H,23,24)(H,25,26)/t9-,11+,12+/m1/s1. The van der Waals surface area contributed by atoms with E-state index in [-0.39, 0.29) is 13.1 Å². The molecule has 28 heavy (non-hydrogen) atoms. The summed E-state index contributed by atoms with van der Waals surface area (Å²) in [6.07, 6.45) is 0.206. The van der Waals surface area contributed by atoms with Crippen LogP contribution >= 0.6 is 0 Å². The normalized spacial score (nSPS) is 24.3. The molecule has 3 atom stereocenters. The van der Waals surface area contributed by atoms with Gasteiger partial charge in [-0.25, -0.2) is 14.4 Å². The zero-order chi connectivity index (χ0) is 21.2. The third kappa shape index (κ3) is 5.11. The lowest BCUT2D eigenvalue weighted by Crippen LogP contribution is -2.48. The number of piperidine rings is 1. The molecule has 3 N–H and O–H groups in total. The number of hydrogen-bond donors (Lipinski definition) is 3. The molecule has 0 aromatic heterocycles. The number of likely N-dealkylation sites (tertiary alicyclic amines) is 1. The van der Waals surface area contributed by atoms with Gasteiger partial charge in [0.25, 0.3) is 0 Å².